The first-order valence-electron chi connectivity index (χ1n) is 4.03. The van der Waals surface area contributed by atoms with Crippen molar-refractivity contribution in [1.82, 2.24) is 0 Å². The predicted octanol–water partition coefficient (Wildman–Crippen LogP) is 1.36. The molecule has 1 N–H and O–H groups in total. The van der Waals surface area contributed by atoms with E-state index in [0.717, 1.165) is 0 Å². The average Bonchev–Trinajstić information content (AvgIpc) is 2.23. The standard InChI is InChI=1S/C10H7NO3/c12-6-11-8-5-14-9-4-2-1-3-7(9)10(8)13/h1-6H,(H,11,12). The van der Waals surface area contributed by atoms with E-state index in [4.69, 9.17) is 4.42 Å². The fourth-order valence-electron chi connectivity index (χ4n) is 1.24. The van der Waals surface area contributed by atoms with Gasteiger partial charge in [-0.25, -0.2) is 0 Å². The van der Waals surface area contributed by atoms with Crippen molar-refractivity contribution in [1.29, 1.82) is 0 Å². The number of nitrogens with one attached hydrogen (secondary N) is 1. The summed E-state index contributed by atoms with van der Waals surface area (Å²) in [5.74, 6) is 0. The molecule has 14 heavy (non-hydrogen) atoms. The molecule has 1 aromatic carbocycles. The van der Waals surface area contributed by atoms with Crippen LogP contribution in [0.1, 0.15) is 0 Å². The molecule has 0 aliphatic carbocycles. The van der Waals surface area contributed by atoms with Crippen molar-refractivity contribution in [2.45, 2.75) is 0 Å². The second kappa shape index (κ2) is 3.33. The highest BCUT2D eigenvalue weighted by Gasteiger charge is 2.04. The van der Waals surface area contributed by atoms with E-state index in [0.29, 0.717) is 17.4 Å². The third-order valence-electron chi connectivity index (χ3n) is 1.89. The highest BCUT2D eigenvalue weighted by molar-refractivity contribution is 5.82. The second-order valence-corrected chi connectivity index (χ2v) is 2.74. The van der Waals surface area contributed by atoms with E-state index in [2.05, 4.69) is 5.32 Å². The molecular formula is C10H7NO3. The molecular weight excluding hydrogens is 182 g/mol. The first-order valence-corrected chi connectivity index (χ1v) is 4.03. The van der Waals surface area contributed by atoms with Crippen LogP contribution in [-0.4, -0.2) is 6.41 Å². The van der Waals surface area contributed by atoms with Crippen molar-refractivity contribution in [3.05, 3.63) is 40.8 Å². The van der Waals surface area contributed by atoms with Crippen molar-refractivity contribution in [3.8, 4) is 0 Å². The van der Waals surface area contributed by atoms with Gasteiger partial charge in [0.2, 0.25) is 11.8 Å². The molecule has 0 bridgehead atoms. The summed E-state index contributed by atoms with van der Waals surface area (Å²) in [6.45, 7) is 0. The van der Waals surface area contributed by atoms with Crippen LogP contribution >= 0.6 is 0 Å². The third kappa shape index (κ3) is 1.26. The van der Waals surface area contributed by atoms with E-state index < -0.39 is 0 Å². The van der Waals surface area contributed by atoms with Gasteiger partial charge < -0.3 is 9.73 Å². The minimum atomic E-state index is -0.237. The largest absolute Gasteiger partial charge is 0.462 e. The number of hydrogen-bond acceptors (Lipinski definition) is 3. The molecule has 0 saturated heterocycles. The van der Waals surface area contributed by atoms with Crippen LogP contribution in [0.15, 0.2) is 39.7 Å². The van der Waals surface area contributed by atoms with Crippen LogP contribution in [0, 0.1) is 0 Å². The minimum Gasteiger partial charge on any atom is -0.462 e. The van der Waals surface area contributed by atoms with Crippen LogP contribution in [0.25, 0.3) is 11.0 Å². The van der Waals surface area contributed by atoms with Crippen molar-refractivity contribution in [2.24, 2.45) is 0 Å². The second-order valence-electron chi connectivity index (χ2n) is 2.74. The molecule has 4 heteroatoms. The van der Waals surface area contributed by atoms with Gasteiger partial charge in [-0.1, -0.05) is 12.1 Å². The topological polar surface area (TPSA) is 59.3 Å². The number of fused-ring (bicyclic) bond motifs is 1. The zero-order valence-corrected chi connectivity index (χ0v) is 7.19. The van der Waals surface area contributed by atoms with Gasteiger partial charge in [0.1, 0.15) is 17.5 Å². The number of benzene rings is 1. The Morgan fingerprint density at radius 3 is 2.86 bits per heavy atom. The normalized spacial score (nSPS) is 10.0. The number of carbonyl (C=O) groups is 1. The summed E-state index contributed by atoms with van der Waals surface area (Å²) in [6.07, 6.45) is 1.68. The van der Waals surface area contributed by atoms with Gasteiger partial charge in [0.15, 0.2) is 0 Å². The average molecular weight is 189 g/mol. The van der Waals surface area contributed by atoms with E-state index in [1.165, 1.54) is 6.26 Å². The van der Waals surface area contributed by atoms with E-state index in [-0.39, 0.29) is 11.1 Å². The molecule has 1 amide bonds. The Morgan fingerprint density at radius 1 is 1.29 bits per heavy atom. The lowest BCUT2D eigenvalue weighted by atomic mass is 10.2. The van der Waals surface area contributed by atoms with Crippen LogP contribution in [-0.2, 0) is 4.79 Å². The molecule has 0 unspecified atom stereocenters. The summed E-state index contributed by atoms with van der Waals surface area (Å²) in [6, 6.07) is 6.86. The van der Waals surface area contributed by atoms with E-state index in [1.54, 1.807) is 24.3 Å². The predicted molar refractivity (Wildman–Crippen MR) is 52.2 cm³/mol. The number of hydrogen-bond donors (Lipinski definition) is 1. The fraction of sp³-hybridized carbons (Fsp3) is 0. The van der Waals surface area contributed by atoms with Crippen LogP contribution in [0.3, 0.4) is 0 Å². The number of anilines is 1. The van der Waals surface area contributed by atoms with Gasteiger partial charge in [-0.15, -0.1) is 0 Å². The van der Waals surface area contributed by atoms with Crippen molar-refractivity contribution in [2.75, 3.05) is 5.32 Å². The van der Waals surface area contributed by atoms with Crippen molar-refractivity contribution in [3.63, 3.8) is 0 Å². The molecule has 0 spiro atoms. The quantitative estimate of drug-likeness (QED) is 0.725. The first kappa shape index (κ1) is 8.50. The van der Waals surface area contributed by atoms with Gasteiger partial charge in [0.25, 0.3) is 0 Å². The van der Waals surface area contributed by atoms with Crippen LogP contribution in [0.2, 0.25) is 0 Å². The molecule has 0 aliphatic rings. The minimum absolute atomic E-state index is 0.152. The molecule has 70 valence electrons. The summed E-state index contributed by atoms with van der Waals surface area (Å²) in [7, 11) is 0. The molecule has 0 atom stereocenters. The van der Waals surface area contributed by atoms with E-state index >= 15 is 0 Å². The molecule has 4 nitrogen and oxygen atoms in total. The monoisotopic (exact) mass is 189 g/mol. The molecule has 2 aromatic rings. The maximum absolute atomic E-state index is 11.6. The van der Waals surface area contributed by atoms with Gasteiger partial charge in [0, 0.05) is 0 Å². The summed E-state index contributed by atoms with van der Waals surface area (Å²) in [5.41, 5.74) is 0.423. The van der Waals surface area contributed by atoms with E-state index in [9.17, 15) is 9.59 Å². The van der Waals surface area contributed by atoms with Gasteiger partial charge in [-0.2, -0.15) is 0 Å². The lowest BCUT2D eigenvalue weighted by Crippen LogP contribution is -2.09. The Balaban J connectivity index is 2.75. The maximum atomic E-state index is 11.6. The molecule has 0 fully saturated rings. The van der Waals surface area contributed by atoms with Crippen LogP contribution in [0.5, 0.6) is 0 Å². The molecule has 2 rings (SSSR count). The number of carbonyl (C=O) groups excluding carboxylic acids is 1. The fourth-order valence-corrected chi connectivity index (χ4v) is 1.24. The van der Waals surface area contributed by atoms with Gasteiger partial charge in [-0.05, 0) is 12.1 Å². The Bertz CT molecular complexity index is 530. The smallest absolute Gasteiger partial charge is 0.216 e. The summed E-state index contributed by atoms with van der Waals surface area (Å²) < 4.78 is 5.15. The number of para-hydroxylation sites is 1. The lowest BCUT2D eigenvalue weighted by Gasteiger charge is -1.99. The molecule has 0 aliphatic heterocycles. The van der Waals surface area contributed by atoms with Gasteiger partial charge >= 0.3 is 0 Å². The zero-order chi connectivity index (χ0) is 9.97. The van der Waals surface area contributed by atoms with Crippen LogP contribution < -0.4 is 10.7 Å². The highest BCUT2D eigenvalue weighted by Crippen LogP contribution is 2.12. The number of amides is 1. The summed E-state index contributed by atoms with van der Waals surface area (Å²) in [5, 5.41) is 2.74. The SMILES string of the molecule is O=CNc1coc2ccccc2c1=O. The first-order chi connectivity index (χ1) is 6.83. The Labute approximate surface area is 79.2 Å². The maximum Gasteiger partial charge on any atom is 0.216 e. The molecule has 1 aromatic heterocycles. The molecule has 0 saturated carbocycles. The van der Waals surface area contributed by atoms with Crippen molar-refractivity contribution >= 4 is 23.1 Å². The third-order valence-corrected chi connectivity index (χ3v) is 1.89. The molecule has 0 radical (unpaired) electrons. The Hall–Kier alpha value is -2.10. The summed E-state index contributed by atoms with van der Waals surface area (Å²) >= 11 is 0. The number of rotatable bonds is 2. The van der Waals surface area contributed by atoms with Gasteiger partial charge in [-0.3, -0.25) is 9.59 Å². The lowest BCUT2D eigenvalue weighted by molar-refractivity contribution is -0.105. The van der Waals surface area contributed by atoms with Gasteiger partial charge in [0.05, 0.1) is 5.39 Å². The Morgan fingerprint density at radius 2 is 2.07 bits per heavy atom. The highest BCUT2D eigenvalue weighted by atomic mass is 16.3. The molecule has 1 heterocycles. The zero-order valence-electron chi connectivity index (χ0n) is 7.19. The van der Waals surface area contributed by atoms with Crippen LogP contribution in [0.4, 0.5) is 5.69 Å². The van der Waals surface area contributed by atoms with E-state index in [1.807, 2.05) is 0 Å². The Kier molecular flexibility index (Phi) is 2.02. The summed E-state index contributed by atoms with van der Waals surface area (Å²) in [4.78, 5) is 21.8. The van der Waals surface area contributed by atoms with Crippen molar-refractivity contribution < 1.29 is 9.21 Å².